The van der Waals surface area contributed by atoms with Gasteiger partial charge in [-0.05, 0) is 35.0 Å². The van der Waals surface area contributed by atoms with E-state index < -0.39 is 0 Å². The van der Waals surface area contributed by atoms with E-state index in [-0.39, 0.29) is 6.04 Å². The highest BCUT2D eigenvalue weighted by atomic mass is 79.9. The summed E-state index contributed by atoms with van der Waals surface area (Å²) in [5.41, 5.74) is 8.71. The summed E-state index contributed by atoms with van der Waals surface area (Å²) < 4.78 is 2.31. The fourth-order valence-electron chi connectivity index (χ4n) is 1.55. The molecular weight excluding hydrogens is 270 g/mol. The Labute approximate surface area is 102 Å². The molecule has 1 unspecified atom stereocenters. The Morgan fingerprint density at radius 2 is 2.19 bits per heavy atom. The van der Waals surface area contributed by atoms with E-state index in [4.69, 9.17) is 5.73 Å². The zero-order valence-electron chi connectivity index (χ0n) is 9.05. The average Bonchev–Trinajstić information content (AvgIpc) is 2.58. The summed E-state index contributed by atoms with van der Waals surface area (Å²) in [6, 6.07) is 5.45. The van der Waals surface area contributed by atoms with Gasteiger partial charge in [0.25, 0.3) is 0 Å². The summed E-state index contributed by atoms with van der Waals surface area (Å²) in [4.78, 5) is 4.40. The van der Waals surface area contributed by atoms with Crippen LogP contribution in [-0.2, 0) is 7.05 Å². The van der Waals surface area contributed by atoms with Crippen molar-refractivity contribution in [2.24, 2.45) is 12.8 Å². The van der Waals surface area contributed by atoms with Gasteiger partial charge < -0.3 is 5.73 Å². The van der Waals surface area contributed by atoms with Gasteiger partial charge >= 0.3 is 0 Å². The van der Waals surface area contributed by atoms with Crippen LogP contribution in [0, 0.1) is 6.92 Å². The van der Waals surface area contributed by atoms with Gasteiger partial charge in [0.2, 0.25) is 0 Å². The zero-order valence-corrected chi connectivity index (χ0v) is 10.6. The highest BCUT2D eigenvalue weighted by Crippen LogP contribution is 2.23. The molecule has 1 atom stereocenters. The molecule has 0 spiro atoms. The first-order valence-electron chi connectivity index (χ1n) is 4.84. The summed E-state index contributed by atoms with van der Waals surface area (Å²) in [5, 5.41) is 7.80. The van der Waals surface area contributed by atoms with Crippen molar-refractivity contribution < 1.29 is 0 Å². The van der Waals surface area contributed by atoms with Crippen molar-refractivity contribution in [1.29, 1.82) is 0 Å². The smallest absolute Gasteiger partial charge is 0.153 e. The minimum Gasteiger partial charge on any atom is -0.318 e. The third-order valence-electron chi connectivity index (χ3n) is 2.35. The molecule has 2 heterocycles. The van der Waals surface area contributed by atoms with Crippen LogP contribution in [0.15, 0.2) is 22.8 Å². The lowest BCUT2D eigenvalue weighted by Crippen LogP contribution is -2.18. The van der Waals surface area contributed by atoms with Crippen LogP contribution in [0.3, 0.4) is 0 Å². The molecule has 2 rings (SSSR count). The molecule has 0 aliphatic heterocycles. The lowest BCUT2D eigenvalue weighted by Gasteiger charge is -2.11. The number of nitrogens with two attached hydrogens (primary N) is 1. The number of rotatable bonds is 2. The fraction of sp³-hybridized carbons (Fsp3) is 0.300. The van der Waals surface area contributed by atoms with E-state index in [0.29, 0.717) is 4.60 Å². The van der Waals surface area contributed by atoms with Crippen molar-refractivity contribution in [2.75, 3.05) is 0 Å². The van der Waals surface area contributed by atoms with E-state index in [9.17, 15) is 0 Å². The normalized spacial score (nSPS) is 12.8. The first-order valence-corrected chi connectivity index (χ1v) is 5.63. The van der Waals surface area contributed by atoms with Crippen LogP contribution in [0.2, 0.25) is 0 Å². The van der Waals surface area contributed by atoms with Crippen LogP contribution in [-0.4, -0.2) is 20.0 Å². The molecule has 2 N–H and O–H groups in total. The van der Waals surface area contributed by atoms with Gasteiger partial charge in [0.05, 0.1) is 17.4 Å². The summed E-state index contributed by atoms with van der Waals surface area (Å²) >= 11 is 3.33. The third-order valence-corrected chi connectivity index (χ3v) is 2.91. The predicted octanol–water partition coefficient (Wildman–Crippen LogP) is 1.33. The highest BCUT2D eigenvalue weighted by molar-refractivity contribution is 9.10. The standard InChI is InChI=1S/C10H12BrN5/c1-6-4-3-5-7(13-6)8(12)9-10(11)14-15-16(9)2/h3-5,8H,12H2,1-2H3. The number of hydrogen-bond acceptors (Lipinski definition) is 4. The Bertz CT molecular complexity index is 488. The molecule has 0 aliphatic rings. The molecule has 6 heteroatoms. The van der Waals surface area contributed by atoms with Crippen molar-refractivity contribution in [1.82, 2.24) is 20.0 Å². The molecule has 0 aromatic carbocycles. The van der Waals surface area contributed by atoms with Crippen molar-refractivity contribution in [2.45, 2.75) is 13.0 Å². The number of pyridine rings is 1. The maximum atomic E-state index is 6.14. The molecule has 2 aromatic heterocycles. The number of aryl methyl sites for hydroxylation is 2. The SMILES string of the molecule is Cc1cccc(C(N)c2c(Br)nnn2C)n1. The predicted molar refractivity (Wildman–Crippen MR) is 63.7 cm³/mol. The molecule has 0 saturated heterocycles. The second-order valence-electron chi connectivity index (χ2n) is 3.57. The number of hydrogen-bond donors (Lipinski definition) is 1. The van der Waals surface area contributed by atoms with E-state index in [0.717, 1.165) is 17.1 Å². The minimum atomic E-state index is -0.325. The van der Waals surface area contributed by atoms with Crippen molar-refractivity contribution in [3.05, 3.63) is 39.9 Å². The van der Waals surface area contributed by atoms with Crippen LogP contribution >= 0.6 is 15.9 Å². The first kappa shape index (κ1) is 11.2. The Hall–Kier alpha value is -1.27. The van der Waals surface area contributed by atoms with Gasteiger partial charge in [-0.1, -0.05) is 11.3 Å². The molecule has 84 valence electrons. The van der Waals surface area contributed by atoms with E-state index in [1.165, 1.54) is 0 Å². The number of nitrogens with zero attached hydrogens (tertiary/aromatic N) is 4. The Kier molecular flexibility index (Phi) is 3.02. The molecule has 16 heavy (non-hydrogen) atoms. The molecule has 0 fully saturated rings. The molecule has 0 radical (unpaired) electrons. The first-order chi connectivity index (χ1) is 7.59. The van der Waals surface area contributed by atoms with Crippen molar-refractivity contribution in [3.63, 3.8) is 0 Å². The molecule has 2 aromatic rings. The Morgan fingerprint density at radius 3 is 2.75 bits per heavy atom. The van der Waals surface area contributed by atoms with Crippen LogP contribution in [0.1, 0.15) is 23.1 Å². The maximum absolute atomic E-state index is 6.14. The van der Waals surface area contributed by atoms with Crippen LogP contribution in [0.4, 0.5) is 0 Å². The summed E-state index contributed by atoms with van der Waals surface area (Å²) in [7, 11) is 1.81. The van der Waals surface area contributed by atoms with E-state index in [2.05, 4.69) is 31.2 Å². The largest absolute Gasteiger partial charge is 0.318 e. The van der Waals surface area contributed by atoms with Gasteiger partial charge in [-0.15, -0.1) is 5.10 Å². The summed E-state index contributed by atoms with van der Waals surface area (Å²) in [6.07, 6.45) is 0. The number of halogens is 1. The van der Waals surface area contributed by atoms with Gasteiger partial charge in [-0.25, -0.2) is 4.68 Å². The Morgan fingerprint density at radius 1 is 1.44 bits per heavy atom. The quantitative estimate of drug-likeness (QED) is 0.902. The second kappa shape index (κ2) is 4.31. The van der Waals surface area contributed by atoms with Gasteiger partial charge in [0.15, 0.2) is 4.60 Å². The van der Waals surface area contributed by atoms with Crippen molar-refractivity contribution >= 4 is 15.9 Å². The Balaban J connectivity index is 2.43. The topological polar surface area (TPSA) is 69.6 Å². The maximum Gasteiger partial charge on any atom is 0.153 e. The van der Waals surface area contributed by atoms with E-state index in [1.54, 1.807) is 4.68 Å². The van der Waals surface area contributed by atoms with Crippen LogP contribution in [0.25, 0.3) is 0 Å². The van der Waals surface area contributed by atoms with Crippen LogP contribution < -0.4 is 5.73 Å². The highest BCUT2D eigenvalue weighted by Gasteiger charge is 2.19. The zero-order chi connectivity index (χ0) is 11.7. The molecular formula is C10H12BrN5. The van der Waals surface area contributed by atoms with Gasteiger partial charge in [0.1, 0.15) is 0 Å². The monoisotopic (exact) mass is 281 g/mol. The van der Waals surface area contributed by atoms with Crippen molar-refractivity contribution in [3.8, 4) is 0 Å². The molecule has 5 nitrogen and oxygen atoms in total. The van der Waals surface area contributed by atoms with Gasteiger partial charge in [0, 0.05) is 12.7 Å². The lowest BCUT2D eigenvalue weighted by molar-refractivity contribution is 0.643. The molecule has 0 bridgehead atoms. The molecule has 0 aliphatic carbocycles. The van der Waals surface area contributed by atoms with E-state index >= 15 is 0 Å². The molecule has 0 saturated carbocycles. The summed E-state index contributed by atoms with van der Waals surface area (Å²) in [6.45, 7) is 1.94. The molecule has 0 amide bonds. The third kappa shape index (κ3) is 1.98. The fourth-order valence-corrected chi connectivity index (χ4v) is 2.12. The van der Waals surface area contributed by atoms with E-state index in [1.807, 2.05) is 32.2 Å². The lowest BCUT2D eigenvalue weighted by atomic mass is 10.1. The van der Waals surface area contributed by atoms with Gasteiger partial charge in [-0.3, -0.25) is 4.98 Å². The second-order valence-corrected chi connectivity index (χ2v) is 4.32. The minimum absolute atomic E-state index is 0.325. The summed E-state index contributed by atoms with van der Waals surface area (Å²) in [5.74, 6) is 0. The number of aromatic nitrogens is 4. The van der Waals surface area contributed by atoms with Crippen LogP contribution in [0.5, 0.6) is 0 Å². The van der Waals surface area contributed by atoms with Gasteiger partial charge in [-0.2, -0.15) is 0 Å². The average molecular weight is 282 g/mol.